The van der Waals surface area contributed by atoms with Gasteiger partial charge in [-0.25, -0.2) is 4.79 Å². The molecule has 0 aromatic heterocycles. The van der Waals surface area contributed by atoms with Crippen LogP contribution in [0.25, 0.3) is 0 Å². The van der Waals surface area contributed by atoms with Gasteiger partial charge in [0.15, 0.2) is 0 Å². The highest BCUT2D eigenvalue weighted by atomic mass is 16.6. The molecule has 2 aliphatic carbocycles. The van der Waals surface area contributed by atoms with E-state index in [2.05, 4.69) is 26.1 Å². The number of benzene rings is 1. The van der Waals surface area contributed by atoms with E-state index < -0.39 is 0 Å². The summed E-state index contributed by atoms with van der Waals surface area (Å²) in [6.45, 7) is 7.99. The van der Waals surface area contributed by atoms with E-state index in [1.165, 1.54) is 12.8 Å². The molecule has 0 unspecified atom stereocenters. The molecule has 5 nitrogen and oxygen atoms in total. The lowest BCUT2D eigenvalue weighted by molar-refractivity contribution is 0.0826. The van der Waals surface area contributed by atoms with Crippen molar-refractivity contribution in [1.82, 2.24) is 5.32 Å². The highest BCUT2D eigenvalue weighted by Gasteiger charge is 2.61. The summed E-state index contributed by atoms with van der Waals surface area (Å²) in [5.74, 6) is 0.677. The highest BCUT2D eigenvalue weighted by Crippen LogP contribution is 2.65. The van der Waals surface area contributed by atoms with E-state index in [-0.39, 0.29) is 28.9 Å². The van der Waals surface area contributed by atoms with E-state index >= 15 is 0 Å². The predicted octanol–water partition coefficient (Wildman–Crippen LogP) is 3.59. The van der Waals surface area contributed by atoms with Crippen molar-refractivity contribution in [2.24, 2.45) is 16.7 Å². The second kappa shape index (κ2) is 5.48. The van der Waals surface area contributed by atoms with Crippen LogP contribution in [0, 0.1) is 16.7 Å². The van der Waals surface area contributed by atoms with Gasteiger partial charge in [0, 0.05) is 17.3 Å². The van der Waals surface area contributed by atoms with Crippen molar-refractivity contribution >= 4 is 17.7 Å². The Morgan fingerprint density at radius 2 is 1.96 bits per heavy atom. The Hall–Kier alpha value is -2.04. The molecule has 1 aliphatic heterocycles. The van der Waals surface area contributed by atoms with Crippen LogP contribution in [0.4, 0.5) is 10.5 Å². The summed E-state index contributed by atoms with van der Waals surface area (Å²) in [6.07, 6.45) is 3.21. The number of rotatable bonds is 3. The van der Waals surface area contributed by atoms with Gasteiger partial charge in [0.1, 0.15) is 6.61 Å². The Labute approximate surface area is 148 Å². The van der Waals surface area contributed by atoms with E-state index in [1.807, 2.05) is 12.1 Å². The number of cyclic esters (lactones) is 1. The number of ether oxygens (including phenoxy) is 1. The molecule has 1 aromatic carbocycles. The fourth-order valence-corrected chi connectivity index (χ4v) is 5.08. The largest absolute Gasteiger partial charge is 0.447 e. The van der Waals surface area contributed by atoms with Crippen molar-refractivity contribution in [3.63, 3.8) is 0 Å². The fraction of sp³-hybridized carbons (Fsp3) is 0.600. The van der Waals surface area contributed by atoms with Gasteiger partial charge in [-0.3, -0.25) is 9.69 Å². The molecule has 1 saturated heterocycles. The van der Waals surface area contributed by atoms with Gasteiger partial charge in [-0.15, -0.1) is 0 Å². The molecule has 134 valence electrons. The van der Waals surface area contributed by atoms with Gasteiger partial charge < -0.3 is 10.1 Å². The summed E-state index contributed by atoms with van der Waals surface area (Å²) in [6, 6.07) is 7.44. The number of carbonyl (C=O) groups excluding carboxylic acids is 2. The van der Waals surface area contributed by atoms with Crippen LogP contribution in [0.5, 0.6) is 0 Å². The van der Waals surface area contributed by atoms with Gasteiger partial charge in [0.25, 0.3) is 5.91 Å². The van der Waals surface area contributed by atoms with E-state index in [0.717, 1.165) is 12.1 Å². The van der Waals surface area contributed by atoms with Gasteiger partial charge in [0.05, 0.1) is 6.54 Å². The van der Waals surface area contributed by atoms with Crippen LogP contribution in [0.3, 0.4) is 0 Å². The minimum absolute atomic E-state index is 0.0230. The van der Waals surface area contributed by atoms with Crippen LogP contribution in [0.1, 0.15) is 50.4 Å². The number of nitrogens with one attached hydrogen (secondary N) is 1. The molecule has 4 rings (SSSR count). The monoisotopic (exact) mass is 342 g/mol. The molecule has 2 saturated carbocycles. The third kappa shape index (κ3) is 2.35. The molecule has 1 aromatic rings. The first-order valence-electron chi connectivity index (χ1n) is 9.18. The van der Waals surface area contributed by atoms with Crippen molar-refractivity contribution < 1.29 is 14.3 Å². The number of fused-ring (bicyclic) bond motifs is 2. The van der Waals surface area contributed by atoms with Gasteiger partial charge >= 0.3 is 6.09 Å². The summed E-state index contributed by atoms with van der Waals surface area (Å²) >= 11 is 0. The number of hydrogen-bond donors (Lipinski definition) is 1. The van der Waals surface area contributed by atoms with Crippen LogP contribution in [0.15, 0.2) is 24.3 Å². The zero-order valence-electron chi connectivity index (χ0n) is 15.2. The van der Waals surface area contributed by atoms with Crippen LogP contribution in [-0.4, -0.2) is 31.2 Å². The van der Waals surface area contributed by atoms with Crippen molar-refractivity contribution in [2.45, 2.75) is 46.1 Å². The Kier molecular flexibility index (Phi) is 3.60. The zero-order valence-corrected chi connectivity index (χ0v) is 15.2. The zero-order chi connectivity index (χ0) is 17.8. The number of carbonyl (C=O) groups is 2. The number of anilines is 1. The Bertz CT molecular complexity index is 712. The van der Waals surface area contributed by atoms with Gasteiger partial charge in [0.2, 0.25) is 0 Å². The normalized spacial score (nSPS) is 32.8. The van der Waals surface area contributed by atoms with Crippen LogP contribution >= 0.6 is 0 Å². The van der Waals surface area contributed by atoms with Crippen LogP contribution < -0.4 is 10.2 Å². The molecular formula is C20H26N2O3. The lowest BCUT2D eigenvalue weighted by Crippen LogP contribution is -2.46. The lowest BCUT2D eigenvalue weighted by Gasteiger charge is -2.39. The molecular weight excluding hydrogens is 316 g/mol. The fourth-order valence-electron chi connectivity index (χ4n) is 5.08. The highest BCUT2D eigenvalue weighted by molar-refractivity contribution is 5.96. The molecule has 3 fully saturated rings. The Morgan fingerprint density at radius 3 is 2.48 bits per heavy atom. The van der Waals surface area contributed by atoms with Crippen LogP contribution in [-0.2, 0) is 4.74 Å². The second-order valence-electron chi connectivity index (χ2n) is 8.45. The first-order chi connectivity index (χ1) is 11.8. The first kappa shape index (κ1) is 16.4. The van der Waals surface area contributed by atoms with Crippen LogP contribution in [0.2, 0.25) is 0 Å². The molecule has 3 atom stereocenters. The van der Waals surface area contributed by atoms with E-state index in [9.17, 15) is 9.59 Å². The molecule has 0 spiro atoms. The second-order valence-corrected chi connectivity index (χ2v) is 8.45. The predicted molar refractivity (Wildman–Crippen MR) is 95.6 cm³/mol. The smallest absolute Gasteiger partial charge is 0.414 e. The summed E-state index contributed by atoms with van der Waals surface area (Å²) < 4.78 is 4.95. The molecule has 0 radical (unpaired) electrons. The average Bonchev–Trinajstić information content (AvgIpc) is 3.16. The molecule has 1 heterocycles. The van der Waals surface area contributed by atoms with Crippen molar-refractivity contribution in [1.29, 1.82) is 0 Å². The number of nitrogens with zero attached hydrogens (tertiary/aromatic N) is 1. The summed E-state index contributed by atoms with van der Waals surface area (Å²) in [4.78, 5) is 25.9. The minimum Gasteiger partial charge on any atom is -0.447 e. The van der Waals surface area contributed by atoms with Crippen molar-refractivity contribution in [3.8, 4) is 0 Å². The van der Waals surface area contributed by atoms with E-state index in [4.69, 9.17) is 4.74 Å². The molecule has 25 heavy (non-hydrogen) atoms. The number of hydrogen-bond acceptors (Lipinski definition) is 3. The third-order valence-corrected chi connectivity index (χ3v) is 7.30. The molecule has 2 bridgehead atoms. The third-order valence-electron chi connectivity index (χ3n) is 7.30. The summed E-state index contributed by atoms with van der Waals surface area (Å²) in [7, 11) is 0. The maximum Gasteiger partial charge on any atom is 0.414 e. The van der Waals surface area contributed by atoms with E-state index in [0.29, 0.717) is 24.6 Å². The van der Waals surface area contributed by atoms with Crippen molar-refractivity contribution in [3.05, 3.63) is 29.8 Å². The standard InChI is InChI=1S/C20H26N2O3/c1-19(2)14-8-9-20(19,3)16(12-14)21-17(23)13-4-6-15(7-5-13)22-10-11-25-18(22)24/h4-7,14,16H,8-12H2,1-3H3,(H,21,23)/t14-,16-,20-/m1/s1. The van der Waals surface area contributed by atoms with Gasteiger partial charge in [-0.05, 0) is 60.3 Å². The molecule has 3 aliphatic rings. The Balaban J connectivity index is 1.46. The average molecular weight is 342 g/mol. The maximum atomic E-state index is 12.7. The van der Waals surface area contributed by atoms with E-state index in [1.54, 1.807) is 17.0 Å². The molecule has 1 N–H and O–H groups in total. The quantitative estimate of drug-likeness (QED) is 0.913. The minimum atomic E-state index is -0.325. The summed E-state index contributed by atoms with van der Waals surface area (Å²) in [5, 5.41) is 3.28. The van der Waals surface area contributed by atoms with Crippen molar-refractivity contribution in [2.75, 3.05) is 18.1 Å². The summed E-state index contributed by atoms with van der Waals surface area (Å²) in [5.41, 5.74) is 1.87. The van der Waals surface area contributed by atoms with Gasteiger partial charge in [-0.1, -0.05) is 20.8 Å². The lowest BCUT2D eigenvalue weighted by atomic mass is 9.69. The maximum absolute atomic E-state index is 12.7. The molecule has 5 heteroatoms. The Morgan fingerprint density at radius 1 is 1.24 bits per heavy atom. The first-order valence-corrected chi connectivity index (χ1v) is 9.18. The topological polar surface area (TPSA) is 58.6 Å². The van der Waals surface area contributed by atoms with Gasteiger partial charge in [-0.2, -0.15) is 0 Å². The SMILES string of the molecule is CC1(C)[C@@H]2CC[C@]1(C)[C@H](NC(=O)c1ccc(N3CCOC3=O)cc1)C2. The number of amides is 2. The molecule has 2 amide bonds.